The third kappa shape index (κ3) is 4.10. The molecule has 0 aliphatic heterocycles. The SMILES string of the molecule is CCCCCCCn1ccc2cc(CNC3CC3)ccc21. The molecular formula is C19H28N2. The van der Waals surface area contributed by atoms with Crippen LogP contribution in [0, 0.1) is 0 Å². The lowest BCUT2D eigenvalue weighted by Gasteiger charge is -2.07. The number of benzene rings is 1. The van der Waals surface area contributed by atoms with Gasteiger partial charge in [-0.3, -0.25) is 0 Å². The molecule has 0 atom stereocenters. The average molecular weight is 284 g/mol. The van der Waals surface area contributed by atoms with Gasteiger partial charge in [0.05, 0.1) is 0 Å². The molecule has 0 bridgehead atoms. The summed E-state index contributed by atoms with van der Waals surface area (Å²) in [6, 6.07) is 9.98. The first-order valence-corrected chi connectivity index (χ1v) is 8.68. The zero-order valence-electron chi connectivity index (χ0n) is 13.3. The summed E-state index contributed by atoms with van der Waals surface area (Å²) in [6.45, 7) is 4.45. The number of hydrogen-bond acceptors (Lipinski definition) is 1. The summed E-state index contributed by atoms with van der Waals surface area (Å²) in [5, 5.41) is 4.98. The van der Waals surface area contributed by atoms with E-state index in [0.29, 0.717) is 0 Å². The van der Waals surface area contributed by atoms with Crippen molar-refractivity contribution in [2.24, 2.45) is 0 Å². The Balaban J connectivity index is 1.56. The van der Waals surface area contributed by atoms with E-state index in [9.17, 15) is 0 Å². The van der Waals surface area contributed by atoms with Crippen molar-refractivity contribution in [3.63, 3.8) is 0 Å². The Hall–Kier alpha value is -1.28. The van der Waals surface area contributed by atoms with Crippen LogP contribution in [-0.4, -0.2) is 10.6 Å². The summed E-state index contributed by atoms with van der Waals surface area (Å²) >= 11 is 0. The zero-order chi connectivity index (χ0) is 14.5. The van der Waals surface area contributed by atoms with E-state index in [4.69, 9.17) is 0 Å². The van der Waals surface area contributed by atoms with Gasteiger partial charge in [0.15, 0.2) is 0 Å². The van der Waals surface area contributed by atoms with E-state index >= 15 is 0 Å². The summed E-state index contributed by atoms with van der Waals surface area (Å²) in [5.74, 6) is 0. The van der Waals surface area contributed by atoms with Gasteiger partial charge in [-0.25, -0.2) is 0 Å². The Morgan fingerprint density at radius 2 is 1.95 bits per heavy atom. The first-order valence-electron chi connectivity index (χ1n) is 8.68. The molecule has 21 heavy (non-hydrogen) atoms. The number of aromatic nitrogens is 1. The summed E-state index contributed by atoms with van der Waals surface area (Å²) < 4.78 is 2.42. The molecule has 0 saturated heterocycles. The van der Waals surface area contributed by atoms with Gasteiger partial charge in [0.1, 0.15) is 0 Å². The smallest absolute Gasteiger partial charge is 0.0480 e. The van der Waals surface area contributed by atoms with Gasteiger partial charge < -0.3 is 9.88 Å². The van der Waals surface area contributed by atoms with Crippen LogP contribution >= 0.6 is 0 Å². The van der Waals surface area contributed by atoms with Crippen LogP contribution < -0.4 is 5.32 Å². The maximum atomic E-state index is 3.59. The molecule has 0 amide bonds. The first kappa shape index (κ1) is 14.6. The molecule has 2 heteroatoms. The van der Waals surface area contributed by atoms with Gasteiger partial charge in [0.2, 0.25) is 0 Å². The minimum absolute atomic E-state index is 0.786. The zero-order valence-corrected chi connectivity index (χ0v) is 13.3. The number of unbranched alkanes of at least 4 members (excludes halogenated alkanes) is 4. The Labute approximate surface area is 128 Å². The van der Waals surface area contributed by atoms with Gasteiger partial charge in [-0.15, -0.1) is 0 Å². The predicted octanol–water partition coefficient (Wildman–Crippen LogP) is 4.86. The number of aryl methyl sites for hydroxylation is 1. The Morgan fingerprint density at radius 1 is 1.10 bits per heavy atom. The van der Waals surface area contributed by atoms with E-state index in [1.54, 1.807) is 0 Å². The van der Waals surface area contributed by atoms with Crippen LogP contribution in [0.4, 0.5) is 0 Å². The van der Waals surface area contributed by atoms with Gasteiger partial charge in [0.25, 0.3) is 0 Å². The van der Waals surface area contributed by atoms with Crippen molar-refractivity contribution in [2.45, 2.75) is 71.0 Å². The summed E-state index contributed by atoms with van der Waals surface area (Å²) in [5.41, 5.74) is 2.80. The Kier molecular flexibility index (Phi) is 4.97. The molecule has 0 radical (unpaired) electrons. The Morgan fingerprint density at radius 3 is 2.76 bits per heavy atom. The normalized spacial score (nSPS) is 14.9. The Bertz CT molecular complexity index is 566. The number of hydrogen-bond donors (Lipinski definition) is 1. The minimum Gasteiger partial charge on any atom is -0.347 e. The van der Waals surface area contributed by atoms with Crippen molar-refractivity contribution in [2.75, 3.05) is 0 Å². The second kappa shape index (κ2) is 7.13. The molecule has 114 valence electrons. The molecule has 1 aliphatic rings. The van der Waals surface area contributed by atoms with Crippen LogP contribution in [0.3, 0.4) is 0 Å². The molecule has 3 rings (SSSR count). The van der Waals surface area contributed by atoms with Crippen molar-refractivity contribution in [1.29, 1.82) is 0 Å². The largest absolute Gasteiger partial charge is 0.347 e. The van der Waals surface area contributed by atoms with Crippen LogP contribution in [0.1, 0.15) is 57.4 Å². The van der Waals surface area contributed by atoms with Crippen LogP contribution in [0.5, 0.6) is 0 Å². The fraction of sp³-hybridized carbons (Fsp3) is 0.579. The highest BCUT2D eigenvalue weighted by Gasteiger charge is 2.19. The van der Waals surface area contributed by atoms with Gasteiger partial charge in [0, 0.05) is 30.8 Å². The first-order chi connectivity index (χ1) is 10.4. The maximum absolute atomic E-state index is 3.59. The van der Waals surface area contributed by atoms with Crippen LogP contribution in [0.25, 0.3) is 10.9 Å². The lowest BCUT2D eigenvalue weighted by atomic mass is 10.1. The van der Waals surface area contributed by atoms with E-state index in [1.807, 2.05) is 0 Å². The van der Waals surface area contributed by atoms with Gasteiger partial charge in [-0.2, -0.15) is 0 Å². The summed E-state index contributed by atoms with van der Waals surface area (Å²) in [6.07, 6.45) is 11.7. The number of nitrogens with one attached hydrogen (secondary N) is 1. The highest BCUT2D eigenvalue weighted by molar-refractivity contribution is 5.80. The van der Waals surface area contributed by atoms with E-state index in [-0.39, 0.29) is 0 Å². The van der Waals surface area contributed by atoms with Crippen molar-refractivity contribution in [3.05, 3.63) is 36.0 Å². The second-order valence-corrected chi connectivity index (χ2v) is 6.47. The lowest BCUT2D eigenvalue weighted by molar-refractivity contribution is 0.577. The monoisotopic (exact) mass is 284 g/mol. The molecule has 1 fully saturated rings. The quantitative estimate of drug-likeness (QED) is 0.650. The van der Waals surface area contributed by atoms with Crippen LogP contribution in [-0.2, 0) is 13.1 Å². The van der Waals surface area contributed by atoms with Gasteiger partial charge in [-0.1, -0.05) is 38.7 Å². The highest BCUT2D eigenvalue weighted by atomic mass is 15.0. The molecule has 2 aromatic rings. The van der Waals surface area contributed by atoms with Crippen molar-refractivity contribution in [1.82, 2.24) is 9.88 Å². The van der Waals surface area contributed by atoms with Crippen LogP contribution in [0.2, 0.25) is 0 Å². The number of rotatable bonds is 9. The maximum Gasteiger partial charge on any atom is 0.0480 e. The van der Waals surface area contributed by atoms with Gasteiger partial charge >= 0.3 is 0 Å². The molecule has 1 aliphatic carbocycles. The molecule has 1 N–H and O–H groups in total. The molecule has 2 nitrogen and oxygen atoms in total. The van der Waals surface area contributed by atoms with E-state index in [1.165, 1.54) is 61.4 Å². The highest BCUT2D eigenvalue weighted by Crippen LogP contribution is 2.21. The van der Waals surface area contributed by atoms with Crippen LogP contribution in [0.15, 0.2) is 30.5 Å². The van der Waals surface area contributed by atoms with E-state index < -0.39 is 0 Å². The third-order valence-corrected chi connectivity index (χ3v) is 4.51. The number of fused-ring (bicyclic) bond motifs is 1. The minimum atomic E-state index is 0.786. The van der Waals surface area contributed by atoms with E-state index in [0.717, 1.165) is 19.1 Å². The van der Waals surface area contributed by atoms with Crippen molar-refractivity contribution >= 4 is 10.9 Å². The van der Waals surface area contributed by atoms with E-state index in [2.05, 4.69) is 47.3 Å². The molecule has 1 aromatic heterocycles. The lowest BCUT2D eigenvalue weighted by Crippen LogP contribution is -2.15. The second-order valence-electron chi connectivity index (χ2n) is 6.47. The fourth-order valence-corrected chi connectivity index (χ4v) is 2.99. The molecule has 0 spiro atoms. The summed E-state index contributed by atoms with van der Waals surface area (Å²) in [4.78, 5) is 0. The average Bonchev–Trinajstić information content (AvgIpc) is 3.25. The van der Waals surface area contributed by atoms with Crippen molar-refractivity contribution < 1.29 is 0 Å². The summed E-state index contributed by atoms with van der Waals surface area (Å²) in [7, 11) is 0. The number of nitrogens with zero attached hydrogens (tertiary/aromatic N) is 1. The standard InChI is InChI=1S/C19H28N2/c1-2-3-4-5-6-12-21-13-11-17-14-16(7-10-19(17)21)15-20-18-8-9-18/h7,10-11,13-14,18,20H,2-6,8-9,12,15H2,1H3. The molecule has 0 unspecified atom stereocenters. The molecule has 1 saturated carbocycles. The predicted molar refractivity (Wildman–Crippen MR) is 90.6 cm³/mol. The molecule has 1 heterocycles. The third-order valence-electron chi connectivity index (χ3n) is 4.51. The topological polar surface area (TPSA) is 17.0 Å². The molecular weight excluding hydrogens is 256 g/mol. The molecule has 1 aromatic carbocycles. The van der Waals surface area contributed by atoms with Crippen molar-refractivity contribution in [3.8, 4) is 0 Å². The fourth-order valence-electron chi connectivity index (χ4n) is 2.99. The van der Waals surface area contributed by atoms with Gasteiger partial charge in [-0.05, 0) is 48.4 Å².